The number of ether oxygens (including phenoxy) is 4. The van der Waals surface area contributed by atoms with Crippen molar-refractivity contribution in [2.75, 3.05) is 0 Å². The standard InChI is InChI=1S/C27H36O8/c1-14(2)23-12-17-22(6,18(32-23)16-7-10-31-13-16)8-9-24(28)26(17)20(33-23)25(29)19(34-24)21(4,5)11-15(3)27(25,30)35-26/h7,10-11,13-14,17-20,28-30H,8-9,12H2,1-6H3/t17-,18+,19+,20-,22-,23-,24+,25+,26-,27-/m1/s1. The summed E-state index contributed by atoms with van der Waals surface area (Å²) in [5.41, 5.74) is -3.23. The molecule has 35 heavy (non-hydrogen) atoms. The highest BCUT2D eigenvalue weighted by molar-refractivity contribution is 5.42. The molecule has 6 aliphatic rings. The van der Waals surface area contributed by atoms with Gasteiger partial charge in [0, 0.05) is 41.1 Å². The smallest absolute Gasteiger partial charge is 0.224 e. The molecule has 192 valence electrons. The molecule has 4 aliphatic heterocycles. The molecule has 1 aromatic rings. The van der Waals surface area contributed by atoms with Crippen molar-refractivity contribution in [2.24, 2.45) is 22.7 Å². The third-order valence-corrected chi connectivity index (χ3v) is 10.5. The number of furan rings is 1. The summed E-state index contributed by atoms with van der Waals surface area (Å²) in [5.74, 6) is -5.27. The first-order valence-electron chi connectivity index (χ1n) is 12.8. The van der Waals surface area contributed by atoms with Crippen LogP contribution in [0.25, 0.3) is 0 Å². The number of rotatable bonds is 2. The van der Waals surface area contributed by atoms with Crippen LogP contribution in [-0.2, 0) is 18.9 Å². The lowest BCUT2D eigenvalue weighted by atomic mass is 9.47. The third-order valence-electron chi connectivity index (χ3n) is 10.5. The number of fused-ring (bicyclic) bond motifs is 1. The van der Waals surface area contributed by atoms with Crippen LogP contribution < -0.4 is 0 Å². The monoisotopic (exact) mass is 488 g/mol. The molecule has 0 aromatic carbocycles. The number of aliphatic hydroxyl groups is 3. The molecule has 10 atom stereocenters. The van der Waals surface area contributed by atoms with E-state index in [0.29, 0.717) is 18.4 Å². The van der Waals surface area contributed by atoms with Crippen molar-refractivity contribution in [1.82, 2.24) is 0 Å². The van der Waals surface area contributed by atoms with Gasteiger partial charge in [0.05, 0.1) is 18.6 Å². The maximum atomic E-state index is 12.5. The Kier molecular flexibility index (Phi) is 3.97. The largest absolute Gasteiger partial charge is 0.472 e. The minimum atomic E-state index is -2.07. The molecule has 8 heteroatoms. The van der Waals surface area contributed by atoms with E-state index in [1.165, 1.54) is 0 Å². The third kappa shape index (κ3) is 2.16. The van der Waals surface area contributed by atoms with E-state index in [1.807, 2.05) is 39.8 Å². The number of hydrogen-bond donors (Lipinski definition) is 3. The second kappa shape index (κ2) is 6.07. The Morgan fingerprint density at radius 1 is 1.00 bits per heavy atom. The first-order valence-corrected chi connectivity index (χ1v) is 12.8. The highest BCUT2D eigenvalue weighted by atomic mass is 16.8. The SMILES string of the molecule is CC1=CC(C)(C)[C@@H]2O[C@@]3(O)CC[C@]4(C)[C@H]5C[C@](C(C)C)(O[C@@H]6[C@]2(O)[C@]1(O)O[C@]563)O[C@H]4c1ccoc1. The average molecular weight is 489 g/mol. The van der Waals surface area contributed by atoms with Gasteiger partial charge in [-0.15, -0.1) is 0 Å². The van der Waals surface area contributed by atoms with E-state index in [9.17, 15) is 15.3 Å². The Labute approximate surface area is 205 Å². The molecule has 5 heterocycles. The van der Waals surface area contributed by atoms with Crippen molar-refractivity contribution in [3.8, 4) is 0 Å². The van der Waals surface area contributed by atoms with Crippen LogP contribution in [0.2, 0.25) is 0 Å². The van der Waals surface area contributed by atoms with Gasteiger partial charge in [-0.1, -0.05) is 40.7 Å². The van der Waals surface area contributed by atoms with Gasteiger partial charge in [0.1, 0.15) is 12.2 Å². The molecule has 1 saturated carbocycles. The predicted octanol–water partition coefficient (Wildman–Crippen LogP) is 3.17. The van der Waals surface area contributed by atoms with Crippen LogP contribution in [0, 0.1) is 22.7 Å². The van der Waals surface area contributed by atoms with Crippen molar-refractivity contribution in [1.29, 1.82) is 0 Å². The second-order valence-corrected chi connectivity index (χ2v) is 13.1. The molecule has 5 fully saturated rings. The molecule has 8 nitrogen and oxygen atoms in total. The van der Waals surface area contributed by atoms with Gasteiger partial charge >= 0.3 is 0 Å². The van der Waals surface area contributed by atoms with Crippen LogP contribution >= 0.6 is 0 Å². The van der Waals surface area contributed by atoms with Gasteiger partial charge in [0.15, 0.2) is 22.8 Å². The van der Waals surface area contributed by atoms with Crippen molar-refractivity contribution in [3.05, 3.63) is 35.8 Å². The second-order valence-electron chi connectivity index (χ2n) is 13.1. The lowest BCUT2D eigenvalue weighted by Gasteiger charge is -2.72. The molecular weight excluding hydrogens is 452 g/mol. The molecule has 2 aliphatic carbocycles. The summed E-state index contributed by atoms with van der Waals surface area (Å²) in [6.45, 7) is 11.9. The van der Waals surface area contributed by atoms with E-state index in [0.717, 1.165) is 5.56 Å². The summed E-state index contributed by atoms with van der Waals surface area (Å²) >= 11 is 0. The lowest BCUT2D eigenvalue weighted by Crippen LogP contribution is -2.86. The van der Waals surface area contributed by atoms with Gasteiger partial charge in [-0.2, -0.15) is 0 Å². The zero-order chi connectivity index (χ0) is 25.0. The molecule has 0 amide bonds. The van der Waals surface area contributed by atoms with E-state index in [4.69, 9.17) is 23.4 Å². The van der Waals surface area contributed by atoms with Crippen LogP contribution in [0.1, 0.15) is 72.5 Å². The zero-order valence-electron chi connectivity index (χ0n) is 21.2. The molecule has 3 N–H and O–H groups in total. The molecule has 4 saturated heterocycles. The van der Waals surface area contributed by atoms with Crippen molar-refractivity contribution in [3.63, 3.8) is 0 Å². The van der Waals surface area contributed by atoms with E-state index >= 15 is 0 Å². The van der Waals surface area contributed by atoms with Gasteiger partial charge in [-0.25, -0.2) is 0 Å². The van der Waals surface area contributed by atoms with E-state index in [1.54, 1.807) is 19.5 Å². The van der Waals surface area contributed by atoms with Crippen LogP contribution in [0.3, 0.4) is 0 Å². The normalized spacial score (nSPS) is 57.3. The van der Waals surface area contributed by atoms with E-state index in [-0.39, 0.29) is 24.4 Å². The topological polar surface area (TPSA) is 111 Å². The highest BCUT2D eigenvalue weighted by Gasteiger charge is 2.92. The Morgan fingerprint density at radius 2 is 1.74 bits per heavy atom. The molecule has 0 radical (unpaired) electrons. The summed E-state index contributed by atoms with van der Waals surface area (Å²) in [5, 5.41) is 37.0. The molecule has 7 rings (SSSR count). The first kappa shape index (κ1) is 22.9. The fourth-order valence-electron chi connectivity index (χ4n) is 8.79. The Balaban J connectivity index is 1.52. The molecule has 4 bridgehead atoms. The zero-order valence-corrected chi connectivity index (χ0v) is 21.2. The predicted molar refractivity (Wildman–Crippen MR) is 122 cm³/mol. The van der Waals surface area contributed by atoms with Crippen LogP contribution in [0.5, 0.6) is 0 Å². The fourth-order valence-corrected chi connectivity index (χ4v) is 8.79. The van der Waals surface area contributed by atoms with Gasteiger partial charge in [-0.3, -0.25) is 0 Å². The number of hydrogen-bond acceptors (Lipinski definition) is 8. The van der Waals surface area contributed by atoms with Gasteiger partial charge in [0.2, 0.25) is 5.79 Å². The minimum Gasteiger partial charge on any atom is -0.472 e. The summed E-state index contributed by atoms with van der Waals surface area (Å²) in [7, 11) is 0. The van der Waals surface area contributed by atoms with Gasteiger partial charge in [-0.05, 0) is 25.0 Å². The lowest BCUT2D eigenvalue weighted by molar-refractivity contribution is -0.496. The van der Waals surface area contributed by atoms with Crippen molar-refractivity contribution >= 4 is 0 Å². The van der Waals surface area contributed by atoms with E-state index in [2.05, 4.69) is 6.92 Å². The summed E-state index contributed by atoms with van der Waals surface area (Å²) in [6.07, 6.45) is 4.12. The van der Waals surface area contributed by atoms with Gasteiger partial charge in [0.25, 0.3) is 0 Å². The average Bonchev–Trinajstić information content (AvgIpc) is 3.36. The Hall–Kier alpha value is -1.26. The van der Waals surface area contributed by atoms with Crippen LogP contribution in [0.4, 0.5) is 0 Å². The van der Waals surface area contributed by atoms with Crippen molar-refractivity contribution < 1.29 is 38.7 Å². The maximum Gasteiger partial charge on any atom is 0.224 e. The van der Waals surface area contributed by atoms with Crippen LogP contribution in [0.15, 0.2) is 34.7 Å². The summed E-state index contributed by atoms with van der Waals surface area (Å²) in [4.78, 5) is 0. The maximum absolute atomic E-state index is 12.5. The fraction of sp³-hybridized carbons (Fsp3) is 0.778. The van der Waals surface area contributed by atoms with E-state index < -0.39 is 51.6 Å². The molecule has 1 aromatic heterocycles. The summed E-state index contributed by atoms with van der Waals surface area (Å²) < 4.78 is 32.4. The quantitative estimate of drug-likeness (QED) is 0.545. The van der Waals surface area contributed by atoms with Crippen molar-refractivity contribution in [2.45, 2.75) is 108 Å². The molecular formula is C27H36O8. The highest BCUT2D eigenvalue weighted by Crippen LogP contribution is 2.77. The summed E-state index contributed by atoms with van der Waals surface area (Å²) in [6, 6.07) is 1.90. The Bertz CT molecular complexity index is 1130. The minimum absolute atomic E-state index is 0.0706. The molecule has 1 spiro atoms. The van der Waals surface area contributed by atoms with Gasteiger partial charge < -0.3 is 38.7 Å². The first-order chi connectivity index (χ1) is 16.2. The van der Waals surface area contributed by atoms with Crippen LogP contribution in [-0.4, -0.2) is 56.1 Å². The Morgan fingerprint density at radius 3 is 2.40 bits per heavy atom. The molecule has 0 unspecified atom stereocenters.